The molecule has 4 heteroatoms. The van der Waals surface area contributed by atoms with Crippen molar-refractivity contribution in [2.24, 2.45) is 0 Å². The van der Waals surface area contributed by atoms with Crippen LogP contribution in [0.5, 0.6) is 0 Å². The molecular weight excluding hydrogens is 281 g/mol. The number of halogens is 2. The van der Waals surface area contributed by atoms with Gasteiger partial charge in [-0.1, -0.05) is 35.3 Å². The lowest BCUT2D eigenvalue weighted by molar-refractivity contribution is 0.130. The van der Waals surface area contributed by atoms with Gasteiger partial charge in [0.05, 0.1) is 13.2 Å². The van der Waals surface area contributed by atoms with Gasteiger partial charge in [-0.3, -0.25) is 0 Å². The SMILES string of the molecule is Clc1ccc(COCCNc2ccc(Cl)cc2)cc1. The fourth-order valence-corrected chi connectivity index (χ4v) is 1.86. The van der Waals surface area contributed by atoms with E-state index in [2.05, 4.69) is 5.32 Å². The minimum absolute atomic E-state index is 0.597. The molecule has 0 spiro atoms. The van der Waals surface area contributed by atoms with Crippen LogP contribution in [0.4, 0.5) is 5.69 Å². The van der Waals surface area contributed by atoms with Crippen molar-refractivity contribution in [1.29, 1.82) is 0 Å². The predicted octanol–water partition coefficient (Wildman–Crippen LogP) is 4.62. The summed E-state index contributed by atoms with van der Waals surface area (Å²) < 4.78 is 5.57. The Bertz CT molecular complexity index is 449. The molecule has 2 nitrogen and oxygen atoms in total. The molecule has 0 amide bonds. The fraction of sp³-hybridized carbons (Fsp3) is 0.200. The largest absolute Gasteiger partial charge is 0.383 e. The quantitative estimate of drug-likeness (QED) is 0.785. The van der Waals surface area contributed by atoms with Crippen LogP contribution >= 0.6 is 23.2 Å². The zero-order valence-electron chi connectivity index (χ0n) is 10.4. The van der Waals surface area contributed by atoms with Crippen molar-refractivity contribution in [3.8, 4) is 0 Å². The molecule has 0 aliphatic rings. The highest BCUT2D eigenvalue weighted by Gasteiger charge is 1.95. The summed E-state index contributed by atoms with van der Waals surface area (Å²) in [5, 5.41) is 4.75. The first-order chi connectivity index (χ1) is 9.24. The normalized spacial score (nSPS) is 10.4. The van der Waals surface area contributed by atoms with Gasteiger partial charge in [0.1, 0.15) is 0 Å². The van der Waals surface area contributed by atoms with Crippen LogP contribution in [0.25, 0.3) is 0 Å². The molecule has 2 aromatic rings. The molecule has 0 aliphatic heterocycles. The summed E-state index contributed by atoms with van der Waals surface area (Å²) in [7, 11) is 0. The first-order valence-electron chi connectivity index (χ1n) is 6.06. The Kier molecular flexibility index (Phi) is 5.52. The summed E-state index contributed by atoms with van der Waals surface area (Å²) in [6, 6.07) is 15.3. The van der Waals surface area contributed by atoms with Crippen molar-refractivity contribution < 1.29 is 4.74 Å². The molecule has 0 aromatic heterocycles. The summed E-state index contributed by atoms with van der Waals surface area (Å²) >= 11 is 11.6. The lowest BCUT2D eigenvalue weighted by atomic mass is 10.2. The van der Waals surface area contributed by atoms with Crippen molar-refractivity contribution in [3.05, 3.63) is 64.1 Å². The van der Waals surface area contributed by atoms with E-state index < -0.39 is 0 Å². The van der Waals surface area contributed by atoms with Crippen LogP contribution in [0, 0.1) is 0 Å². The molecule has 0 fully saturated rings. The van der Waals surface area contributed by atoms with Crippen LogP contribution in [-0.4, -0.2) is 13.2 Å². The molecule has 0 atom stereocenters. The fourth-order valence-electron chi connectivity index (χ4n) is 1.61. The van der Waals surface area contributed by atoms with Gasteiger partial charge >= 0.3 is 0 Å². The summed E-state index contributed by atoms with van der Waals surface area (Å²) in [6.45, 7) is 2.00. The average molecular weight is 296 g/mol. The molecule has 0 bridgehead atoms. The molecule has 0 saturated heterocycles. The lowest BCUT2D eigenvalue weighted by Crippen LogP contribution is -2.09. The van der Waals surface area contributed by atoms with Crippen LogP contribution in [0.2, 0.25) is 10.0 Å². The third-order valence-corrected chi connectivity index (χ3v) is 3.11. The smallest absolute Gasteiger partial charge is 0.0717 e. The third kappa shape index (κ3) is 5.11. The van der Waals surface area contributed by atoms with E-state index in [1.807, 2.05) is 48.5 Å². The molecule has 0 unspecified atom stereocenters. The minimum Gasteiger partial charge on any atom is -0.383 e. The van der Waals surface area contributed by atoms with E-state index in [0.29, 0.717) is 13.2 Å². The van der Waals surface area contributed by atoms with E-state index in [0.717, 1.165) is 27.8 Å². The average Bonchev–Trinajstić information content (AvgIpc) is 2.43. The summed E-state index contributed by atoms with van der Waals surface area (Å²) in [6.07, 6.45) is 0. The zero-order valence-corrected chi connectivity index (χ0v) is 11.9. The van der Waals surface area contributed by atoms with Crippen LogP contribution in [0.15, 0.2) is 48.5 Å². The number of hydrogen-bond acceptors (Lipinski definition) is 2. The number of hydrogen-bond donors (Lipinski definition) is 1. The molecular formula is C15H15Cl2NO. The van der Waals surface area contributed by atoms with Gasteiger partial charge in [0.25, 0.3) is 0 Å². The maximum absolute atomic E-state index is 5.81. The summed E-state index contributed by atoms with van der Waals surface area (Å²) in [5.74, 6) is 0. The van der Waals surface area contributed by atoms with E-state index in [4.69, 9.17) is 27.9 Å². The van der Waals surface area contributed by atoms with Crippen molar-refractivity contribution in [1.82, 2.24) is 0 Å². The van der Waals surface area contributed by atoms with Gasteiger partial charge in [-0.2, -0.15) is 0 Å². The van der Waals surface area contributed by atoms with E-state index in [9.17, 15) is 0 Å². The highest BCUT2D eigenvalue weighted by Crippen LogP contribution is 2.13. The van der Waals surface area contributed by atoms with Crippen LogP contribution in [-0.2, 0) is 11.3 Å². The van der Waals surface area contributed by atoms with Gasteiger partial charge in [-0.15, -0.1) is 0 Å². The Morgan fingerprint density at radius 1 is 0.842 bits per heavy atom. The molecule has 2 aromatic carbocycles. The Morgan fingerprint density at radius 3 is 2.05 bits per heavy atom. The van der Waals surface area contributed by atoms with Gasteiger partial charge in [0.15, 0.2) is 0 Å². The maximum atomic E-state index is 5.81. The predicted molar refractivity (Wildman–Crippen MR) is 81.0 cm³/mol. The van der Waals surface area contributed by atoms with E-state index in [-0.39, 0.29) is 0 Å². The maximum Gasteiger partial charge on any atom is 0.0717 e. The van der Waals surface area contributed by atoms with E-state index >= 15 is 0 Å². The Hall–Kier alpha value is -1.22. The number of nitrogens with one attached hydrogen (secondary N) is 1. The standard InChI is InChI=1S/C15H15Cl2NO/c16-13-3-1-12(2-4-13)11-19-10-9-18-15-7-5-14(17)6-8-15/h1-8,18H,9-11H2. The van der Waals surface area contributed by atoms with Crippen LogP contribution in [0.1, 0.15) is 5.56 Å². The second kappa shape index (κ2) is 7.39. The third-order valence-electron chi connectivity index (χ3n) is 2.60. The second-order valence-corrected chi connectivity index (χ2v) is 4.99. The van der Waals surface area contributed by atoms with Gasteiger partial charge in [-0.25, -0.2) is 0 Å². The number of ether oxygens (including phenoxy) is 1. The van der Waals surface area contributed by atoms with Gasteiger partial charge in [-0.05, 0) is 42.0 Å². The van der Waals surface area contributed by atoms with Gasteiger partial charge < -0.3 is 10.1 Å². The van der Waals surface area contributed by atoms with Crippen molar-refractivity contribution in [2.75, 3.05) is 18.5 Å². The first kappa shape index (κ1) is 14.2. The van der Waals surface area contributed by atoms with E-state index in [1.54, 1.807) is 0 Å². The van der Waals surface area contributed by atoms with Crippen LogP contribution < -0.4 is 5.32 Å². The highest BCUT2D eigenvalue weighted by molar-refractivity contribution is 6.30. The molecule has 0 heterocycles. The van der Waals surface area contributed by atoms with E-state index in [1.165, 1.54) is 0 Å². The number of anilines is 1. The van der Waals surface area contributed by atoms with Crippen LogP contribution in [0.3, 0.4) is 0 Å². The molecule has 2 rings (SSSR count). The molecule has 19 heavy (non-hydrogen) atoms. The molecule has 0 saturated carbocycles. The number of rotatable bonds is 6. The van der Waals surface area contributed by atoms with Gasteiger partial charge in [0.2, 0.25) is 0 Å². The van der Waals surface area contributed by atoms with Gasteiger partial charge in [0, 0.05) is 22.3 Å². The Morgan fingerprint density at radius 2 is 1.42 bits per heavy atom. The number of benzene rings is 2. The topological polar surface area (TPSA) is 21.3 Å². The second-order valence-electron chi connectivity index (χ2n) is 4.11. The monoisotopic (exact) mass is 295 g/mol. The molecule has 100 valence electrons. The molecule has 1 N–H and O–H groups in total. The molecule has 0 aliphatic carbocycles. The first-order valence-corrected chi connectivity index (χ1v) is 6.81. The lowest BCUT2D eigenvalue weighted by Gasteiger charge is -2.07. The zero-order chi connectivity index (χ0) is 13.5. The highest BCUT2D eigenvalue weighted by atomic mass is 35.5. The van der Waals surface area contributed by atoms with Crippen molar-refractivity contribution in [2.45, 2.75) is 6.61 Å². The van der Waals surface area contributed by atoms with Crippen molar-refractivity contribution in [3.63, 3.8) is 0 Å². The molecule has 0 radical (unpaired) electrons. The van der Waals surface area contributed by atoms with Crippen molar-refractivity contribution >= 4 is 28.9 Å². The minimum atomic E-state index is 0.597. The Labute approximate surface area is 123 Å². The summed E-state index contributed by atoms with van der Waals surface area (Å²) in [5.41, 5.74) is 2.16. The summed E-state index contributed by atoms with van der Waals surface area (Å²) in [4.78, 5) is 0. The Balaban J connectivity index is 1.64.